The molecule has 0 radical (unpaired) electrons. The molecule has 35 heavy (non-hydrogen) atoms. The number of thioether (sulfide) groups is 1. The van der Waals surface area contributed by atoms with Crippen LogP contribution < -0.4 is 5.32 Å². The summed E-state index contributed by atoms with van der Waals surface area (Å²) in [6, 6.07) is 23.7. The normalized spacial score (nSPS) is 11.6. The summed E-state index contributed by atoms with van der Waals surface area (Å²) in [6.07, 6.45) is 0. The minimum atomic E-state index is -3.54. The SMILES string of the molecule is CCN(CC)S(=O)(=O)c1ccc(NC(=O)CSc2nc(-c3ccccc3)nc3ccccc23)cc1. The average molecular weight is 507 g/mol. The molecule has 3 aromatic carbocycles. The summed E-state index contributed by atoms with van der Waals surface area (Å²) in [7, 11) is -3.54. The van der Waals surface area contributed by atoms with E-state index in [4.69, 9.17) is 4.98 Å². The molecule has 4 rings (SSSR count). The number of benzene rings is 3. The quantitative estimate of drug-likeness (QED) is 0.252. The van der Waals surface area contributed by atoms with Gasteiger partial charge in [0.1, 0.15) is 5.03 Å². The maximum Gasteiger partial charge on any atom is 0.243 e. The molecule has 1 heterocycles. The van der Waals surface area contributed by atoms with Gasteiger partial charge in [-0.2, -0.15) is 4.31 Å². The maximum atomic E-state index is 12.7. The maximum absolute atomic E-state index is 12.7. The number of nitrogens with zero attached hydrogens (tertiary/aromatic N) is 3. The number of carbonyl (C=O) groups is 1. The second kappa shape index (κ2) is 11.0. The van der Waals surface area contributed by atoms with Gasteiger partial charge in [-0.15, -0.1) is 0 Å². The van der Waals surface area contributed by atoms with Gasteiger partial charge in [-0.1, -0.05) is 74.1 Å². The van der Waals surface area contributed by atoms with Crippen LogP contribution in [-0.4, -0.2) is 47.4 Å². The largest absolute Gasteiger partial charge is 0.325 e. The highest BCUT2D eigenvalue weighted by atomic mass is 32.2. The molecule has 180 valence electrons. The third kappa shape index (κ3) is 5.70. The number of hydrogen-bond acceptors (Lipinski definition) is 6. The van der Waals surface area contributed by atoms with Crippen LogP contribution in [0.25, 0.3) is 22.3 Å². The summed E-state index contributed by atoms with van der Waals surface area (Å²) in [5, 5.41) is 4.44. The van der Waals surface area contributed by atoms with Crippen molar-refractivity contribution in [2.75, 3.05) is 24.2 Å². The highest BCUT2D eigenvalue weighted by molar-refractivity contribution is 8.00. The van der Waals surface area contributed by atoms with E-state index in [1.54, 1.807) is 26.0 Å². The third-order valence-electron chi connectivity index (χ3n) is 5.42. The van der Waals surface area contributed by atoms with Gasteiger partial charge in [0.25, 0.3) is 0 Å². The minimum Gasteiger partial charge on any atom is -0.325 e. The van der Waals surface area contributed by atoms with Gasteiger partial charge in [0.2, 0.25) is 15.9 Å². The van der Waals surface area contributed by atoms with E-state index in [9.17, 15) is 13.2 Å². The molecule has 0 aliphatic heterocycles. The standard InChI is InChI=1S/C26H26N4O3S2/c1-3-30(4-2)35(32,33)21-16-14-20(15-17-21)27-24(31)18-34-26-22-12-8-9-13-23(22)28-25(29-26)19-10-6-5-7-11-19/h5-17H,3-4,18H2,1-2H3,(H,27,31). The lowest BCUT2D eigenvalue weighted by Crippen LogP contribution is -2.30. The molecule has 0 saturated heterocycles. The Morgan fingerprint density at radius 1 is 0.886 bits per heavy atom. The summed E-state index contributed by atoms with van der Waals surface area (Å²) in [6.45, 7) is 4.41. The summed E-state index contributed by atoms with van der Waals surface area (Å²) >= 11 is 1.34. The van der Waals surface area contributed by atoms with E-state index in [2.05, 4.69) is 10.3 Å². The zero-order valence-corrected chi connectivity index (χ0v) is 21.1. The zero-order valence-electron chi connectivity index (χ0n) is 19.5. The fourth-order valence-electron chi connectivity index (χ4n) is 3.63. The van der Waals surface area contributed by atoms with Crippen molar-refractivity contribution in [3.05, 3.63) is 78.9 Å². The first-order valence-electron chi connectivity index (χ1n) is 11.3. The summed E-state index contributed by atoms with van der Waals surface area (Å²) < 4.78 is 26.7. The first-order valence-corrected chi connectivity index (χ1v) is 13.7. The lowest BCUT2D eigenvalue weighted by molar-refractivity contribution is -0.113. The fourth-order valence-corrected chi connectivity index (χ4v) is 5.90. The number of fused-ring (bicyclic) bond motifs is 1. The smallest absolute Gasteiger partial charge is 0.243 e. The summed E-state index contributed by atoms with van der Waals surface area (Å²) in [5.41, 5.74) is 2.25. The molecule has 0 atom stereocenters. The van der Waals surface area contributed by atoms with Crippen LogP contribution in [0.3, 0.4) is 0 Å². The van der Waals surface area contributed by atoms with Gasteiger partial charge in [-0.3, -0.25) is 4.79 Å². The van der Waals surface area contributed by atoms with E-state index < -0.39 is 10.0 Å². The van der Waals surface area contributed by atoms with E-state index >= 15 is 0 Å². The lowest BCUT2D eigenvalue weighted by atomic mass is 10.2. The molecular weight excluding hydrogens is 480 g/mol. The van der Waals surface area contributed by atoms with E-state index in [1.807, 2.05) is 54.6 Å². The van der Waals surface area contributed by atoms with Crippen molar-refractivity contribution in [1.82, 2.24) is 14.3 Å². The van der Waals surface area contributed by atoms with E-state index in [1.165, 1.54) is 28.2 Å². The number of sulfonamides is 1. The molecule has 9 heteroatoms. The summed E-state index contributed by atoms with van der Waals surface area (Å²) in [5.74, 6) is 0.546. The number of amides is 1. The van der Waals surface area contributed by atoms with Gasteiger partial charge in [-0.05, 0) is 30.3 Å². The number of carbonyl (C=O) groups excluding carboxylic acids is 1. The van der Waals surface area contributed by atoms with Gasteiger partial charge >= 0.3 is 0 Å². The molecule has 1 N–H and O–H groups in total. The van der Waals surface area contributed by atoms with Crippen molar-refractivity contribution < 1.29 is 13.2 Å². The predicted molar refractivity (Wildman–Crippen MR) is 141 cm³/mol. The second-order valence-electron chi connectivity index (χ2n) is 7.69. The highest BCUT2D eigenvalue weighted by Gasteiger charge is 2.21. The Hall–Kier alpha value is -3.27. The van der Waals surface area contributed by atoms with E-state index in [0.29, 0.717) is 24.6 Å². The fraction of sp³-hybridized carbons (Fsp3) is 0.192. The molecule has 0 fully saturated rings. The Bertz CT molecular complexity index is 1420. The molecular formula is C26H26N4O3S2. The molecule has 0 spiro atoms. The Kier molecular flexibility index (Phi) is 7.80. The van der Waals surface area contributed by atoms with Crippen molar-refractivity contribution in [3.63, 3.8) is 0 Å². The molecule has 1 amide bonds. The van der Waals surface area contributed by atoms with Crippen LogP contribution in [0.2, 0.25) is 0 Å². The molecule has 1 aromatic heterocycles. The molecule has 0 unspecified atom stereocenters. The Morgan fingerprint density at radius 3 is 2.23 bits per heavy atom. The van der Waals surface area contributed by atoms with Gasteiger partial charge in [0.05, 0.1) is 16.2 Å². The molecule has 0 bridgehead atoms. The topological polar surface area (TPSA) is 92.3 Å². The van der Waals surface area contributed by atoms with Crippen LogP contribution in [0, 0.1) is 0 Å². The van der Waals surface area contributed by atoms with Gasteiger partial charge in [0, 0.05) is 29.7 Å². The van der Waals surface area contributed by atoms with Crippen LogP contribution in [0.4, 0.5) is 5.69 Å². The average Bonchev–Trinajstić information content (AvgIpc) is 2.88. The number of para-hydroxylation sites is 1. The number of aromatic nitrogens is 2. The van der Waals surface area contributed by atoms with Gasteiger partial charge in [0.15, 0.2) is 5.82 Å². The molecule has 0 saturated carbocycles. The monoisotopic (exact) mass is 506 g/mol. The first kappa shape index (κ1) is 24.8. The minimum absolute atomic E-state index is 0.148. The van der Waals surface area contributed by atoms with Crippen molar-refractivity contribution in [2.45, 2.75) is 23.8 Å². The highest BCUT2D eigenvalue weighted by Crippen LogP contribution is 2.28. The van der Waals surface area contributed by atoms with Crippen molar-refractivity contribution in [1.29, 1.82) is 0 Å². The number of rotatable bonds is 9. The van der Waals surface area contributed by atoms with Crippen molar-refractivity contribution in [2.24, 2.45) is 0 Å². The third-order valence-corrected chi connectivity index (χ3v) is 8.48. The van der Waals surface area contributed by atoms with Crippen molar-refractivity contribution >= 4 is 44.3 Å². The first-order chi connectivity index (χ1) is 16.9. The Morgan fingerprint density at radius 2 is 1.54 bits per heavy atom. The molecule has 7 nitrogen and oxygen atoms in total. The number of anilines is 1. The van der Waals surface area contributed by atoms with E-state index in [0.717, 1.165) is 21.5 Å². The van der Waals surface area contributed by atoms with Crippen LogP contribution in [0.5, 0.6) is 0 Å². The van der Waals surface area contributed by atoms with E-state index in [-0.39, 0.29) is 16.6 Å². The Labute approximate surface area is 209 Å². The van der Waals surface area contributed by atoms with Crippen molar-refractivity contribution in [3.8, 4) is 11.4 Å². The van der Waals surface area contributed by atoms with Crippen LogP contribution in [0.15, 0.2) is 88.8 Å². The number of nitrogens with one attached hydrogen (secondary N) is 1. The molecule has 4 aromatic rings. The van der Waals surface area contributed by atoms with Crippen LogP contribution in [-0.2, 0) is 14.8 Å². The second-order valence-corrected chi connectivity index (χ2v) is 10.6. The Balaban J connectivity index is 1.48. The van der Waals surface area contributed by atoms with Gasteiger partial charge in [-0.25, -0.2) is 18.4 Å². The summed E-state index contributed by atoms with van der Waals surface area (Å²) in [4.78, 5) is 22.3. The predicted octanol–water partition coefficient (Wildman–Crippen LogP) is 5.06. The number of hydrogen-bond donors (Lipinski definition) is 1. The van der Waals surface area contributed by atoms with Crippen LogP contribution >= 0.6 is 11.8 Å². The molecule has 0 aliphatic carbocycles. The molecule has 0 aliphatic rings. The van der Waals surface area contributed by atoms with Crippen LogP contribution in [0.1, 0.15) is 13.8 Å². The van der Waals surface area contributed by atoms with Gasteiger partial charge < -0.3 is 5.32 Å². The lowest BCUT2D eigenvalue weighted by Gasteiger charge is -2.18. The zero-order chi connectivity index (χ0) is 24.8.